The summed E-state index contributed by atoms with van der Waals surface area (Å²) in [7, 11) is -4.07. The molecule has 4 rings (SSSR count). The summed E-state index contributed by atoms with van der Waals surface area (Å²) in [5, 5.41) is 0.446. The topological polar surface area (TPSA) is 122 Å². The van der Waals surface area contributed by atoms with E-state index < -0.39 is 21.7 Å². The molecule has 0 spiro atoms. The van der Waals surface area contributed by atoms with Gasteiger partial charge in [0.25, 0.3) is 21.5 Å². The number of hydrogen-bond donors (Lipinski definition) is 3. The first-order chi connectivity index (χ1) is 16.3. The van der Waals surface area contributed by atoms with E-state index in [2.05, 4.69) is 20.6 Å². The van der Waals surface area contributed by atoms with Crippen LogP contribution in [0, 0.1) is 5.82 Å². The van der Waals surface area contributed by atoms with Gasteiger partial charge in [-0.05, 0) is 55.5 Å². The van der Waals surface area contributed by atoms with Crippen molar-refractivity contribution in [3.05, 3.63) is 94.5 Å². The van der Waals surface area contributed by atoms with Crippen molar-refractivity contribution in [2.75, 3.05) is 10.1 Å². The first-order valence-corrected chi connectivity index (χ1v) is 11.7. The van der Waals surface area contributed by atoms with Gasteiger partial charge in [0.15, 0.2) is 0 Å². The SMILES string of the molecule is CCn1c(NNC(=O)c2ccccc2NS(=O)(=O)c2ccc(F)cc2)nc2ccccc2c1=O. The molecule has 11 heteroatoms. The molecule has 1 amide bonds. The number of benzene rings is 3. The molecule has 0 aliphatic rings. The van der Waals surface area contributed by atoms with Crippen LogP contribution >= 0.6 is 0 Å². The average Bonchev–Trinajstić information content (AvgIpc) is 2.83. The first kappa shape index (κ1) is 22.9. The van der Waals surface area contributed by atoms with Crippen molar-refractivity contribution in [2.45, 2.75) is 18.4 Å². The van der Waals surface area contributed by atoms with Gasteiger partial charge in [-0.3, -0.25) is 29.7 Å². The maximum Gasteiger partial charge on any atom is 0.271 e. The van der Waals surface area contributed by atoms with E-state index >= 15 is 0 Å². The highest BCUT2D eigenvalue weighted by molar-refractivity contribution is 7.92. The third-order valence-electron chi connectivity index (χ3n) is 5.01. The summed E-state index contributed by atoms with van der Waals surface area (Å²) in [5.74, 6) is -1.11. The summed E-state index contributed by atoms with van der Waals surface area (Å²) in [6.07, 6.45) is 0. The van der Waals surface area contributed by atoms with Gasteiger partial charge in [0, 0.05) is 6.54 Å². The molecule has 3 aromatic carbocycles. The number of carbonyl (C=O) groups is 1. The first-order valence-electron chi connectivity index (χ1n) is 10.2. The quantitative estimate of drug-likeness (QED) is 0.349. The van der Waals surface area contributed by atoms with Crippen LogP contribution < -0.4 is 21.1 Å². The van der Waals surface area contributed by atoms with Crippen molar-refractivity contribution in [1.82, 2.24) is 15.0 Å². The van der Waals surface area contributed by atoms with Crippen LogP contribution in [-0.4, -0.2) is 23.9 Å². The van der Waals surface area contributed by atoms with Crippen molar-refractivity contribution in [1.29, 1.82) is 0 Å². The van der Waals surface area contributed by atoms with E-state index in [0.29, 0.717) is 17.4 Å². The predicted octanol–water partition coefficient (Wildman–Crippen LogP) is 3.11. The number of nitrogens with zero attached hydrogens (tertiary/aromatic N) is 2. The number of amides is 1. The number of hydrazine groups is 1. The number of para-hydroxylation sites is 2. The molecule has 0 aliphatic heterocycles. The maximum atomic E-state index is 13.2. The monoisotopic (exact) mass is 481 g/mol. The van der Waals surface area contributed by atoms with Crippen molar-refractivity contribution in [3.63, 3.8) is 0 Å². The van der Waals surface area contributed by atoms with Gasteiger partial charge < -0.3 is 0 Å². The van der Waals surface area contributed by atoms with Gasteiger partial charge in [-0.1, -0.05) is 24.3 Å². The molecular weight excluding hydrogens is 461 g/mol. The molecule has 4 aromatic rings. The minimum absolute atomic E-state index is 0.0190. The molecule has 0 atom stereocenters. The van der Waals surface area contributed by atoms with Crippen LogP contribution in [-0.2, 0) is 16.6 Å². The Morgan fingerprint density at radius 2 is 1.68 bits per heavy atom. The highest BCUT2D eigenvalue weighted by atomic mass is 32.2. The lowest BCUT2D eigenvalue weighted by molar-refractivity contribution is 0.0963. The molecule has 34 heavy (non-hydrogen) atoms. The molecule has 0 saturated heterocycles. The zero-order chi connectivity index (χ0) is 24.3. The van der Waals surface area contributed by atoms with Crippen LogP contribution in [0.3, 0.4) is 0 Å². The Labute approximate surface area is 194 Å². The summed E-state index contributed by atoms with van der Waals surface area (Å²) in [6.45, 7) is 2.08. The lowest BCUT2D eigenvalue weighted by Crippen LogP contribution is -2.34. The van der Waals surface area contributed by atoms with Gasteiger partial charge in [0.2, 0.25) is 5.95 Å². The minimum atomic E-state index is -4.07. The van der Waals surface area contributed by atoms with Crippen LogP contribution in [0.1, 0.15) is 17.3 Å². The highest BCUT2D eigenvalue weighted by Crippen LogP contribution is 2.20. The molecule has 3 N–H and O–H groups in total. The predicted molar refractivity (Wildman–Crippen MR) is 126 cm³/mol. The summed E-state index contributed by atoms with van der Waals surface area (Å²) >= 11 is 0. The Hall–Kier alpha value is -4.25. The third kappa shape index (κ3) is 4.59. The van der Waals surface area contributed by atoms with E-state index in [0.717, 1.165) is 24.3 Å². The third-order valence-corrected chi connectivity index (χ3v) is 6.39. The van der Waals surface area contributed by atoms with Gasteiger partial charge in [-0.15, -0.1) is 0 Å². The van der Waals surface area contributed by atoms with Gasteiger partial charge in [0.05, 0.1) is 27.0 Å². The number of aromatic nitrogens is 2. The summed E-state index contributed by atoms with van der Waals surface area (Å²) in [4.78, 5) is 29.9. The molecule has 0 fully saturated rings. The number of hydrogen-bond acceptors (Lipinski definition) is 6. The molecular formula is C23H20FN5O4S. The smallest absolute Gasteiger partial charge is 0.271 e. The minimum Gasteiger partial charge on any atom is -0.279 e. The molecule has 0 radical (unpaired) electrons. The van der Waals surface area contributed by atoms with E-state index in [1.54, 1.807) is 43.3 Å². The Morgan fingerprint density at radius 1 is 1.00 bits per heavy atom. The van der Waals surface area contributed by atoms with Crippen LogP contribution in [0.4, 0.5) is 16.0 Å². The van der Waals surface area contributed by atoms with Crippen LogP contribution in [0.5, 0.6) is 0 Å². The zero-order valence-electron chi connectivity index (χ0n) is 17.9. The van der Waals surface area contributed by atoms with Crippen molar-refractivity contribution in [2.24, 2.45) is 0 Å². The Bertz CT molecular complexity index is 1540. The number of anilines is 2. The van der Waals surface area contributed by atoms with E-state index in [1.165, 1.54) is 16.7 Å². The van der Waals surface area contributed by atoms with Crippen LogP contribution in [0.15, 0.2) is 82.5 Å². The van der Waals surface area contributed by atoms with Gasteiger partial charge in [-0.2, -0.15) is 0 Å². The summed E-state index contributed by atoms with van der Waals surface area (Å²) < 4.78 is 42.2. The number of fused-ring (bicyclic) bond motifs is 1. The second-order valence-electron chi connectivity index (χ2n) is 7.19. The summed E-state index contributed by atoms with van der Waals surface area (Å²) in [6, 6.07) is 17.1. The lowest BCUT2D eigenvalue weighted by Gasteiger charge is -2.16. The molecule has 174 valence electrons. The number of carbonyl (C=O) groups excluding carboxylic acids is 1. The number of rotatable bonds is 7. The number of sulfonamides is 1. The largest absolute Gasteiger partial charge is 0.279 e. The second-order valence-corrected chi connectivity index (χ2v) is 8.87. The number of nitrogens with one attached hydrogen (secondary N) is 3. The Balaban J connectivity index is 1.59. The molecule has 1 aromatic heterocycles. The lowest BCUT2D eigenvalue weighted by atomic mass is 10.2. The molecule has 9 nitrogen and oxygen atoms in total. The van der Waals surface area contributed by atoms with Crippen molar-refractivity contribution < 1.29 is 17.6 Å². The van der Waals surface area contributed by atoms with Gasteiger partial charge >= 0.3 is 0 Å². The van der Waals surface area contributed by atoms with Gasteiger partial charge in [0.1, 0.15) is 5.82 Å². The molecule has 0 bridgehead atoms. The van der Waals surface area contributed by atoms with Crippen LogP contribution in [0.25, 0.3) is 10.9 Å². The van der Waals surface area contributed by atoms with Gasteiger partial charge in [-0.25, -0.2) is 17.8 Å². The number of halogens is 1. The normalized spacial score (nSPS) is 11.2. The fourth-order valence-electron chi connectivity index (χ4n) is 3.32. The molecule has 1 heterocycles. The zero-order valence-corrected chi connectivity index (χ0v) is 18.8. The average molecular weight is 482 g/mol. The second kappa shape index (κ2) is 9.32. The van der Waals surface area contributed by atoms with Crippen molar-refractivity contribution in [3.8, 4) is 0 Å². The highest BCUT2D eigenvalue weighted by Gasteiger charge is 2.19. The standard InChI is InChI=1S/C23H20FN5O4S/c1-2-29-22(31)18-8-4-5-9-19(18)25-23(29)27-26-21(30)17-7-3-6-10-20(17)28-34(32,33)16-13-11-15(24)12-14-16/h3-14,28H,2H2,1H3,(H,25,27)(H,26,30). The summed E-state index contributed by atoms with van der Waals surface area (Å²) in [5.41, 5.74) is 5.35. The Kier molecular flexibility index (Phi) is 6.28. The fourth-order valence-corrected chi connectivity index (χ4v) is 4.40. The fraction of sp³-hybridized carbons (Fsp3) is 0.0870. The molecule has 0 aliphatic carbocycles. The van der Waals surface area contributed by atoms with E-state index in [1.807, 2.05) is 0 Å². The maximum absolute atomic E-state index is 13.2. The van der Waals surface area contributed by atoms with E-state index in [9.17, 15) is 22.4 Å². The molecule has 0 saturated carbocycles. The molecule has 0 unspecified atom stereocenters. The van der Waals surface area contributed by atoms with E-state index in [-0.39, 0.29) is 27.7 Å². The van der Waals surface area contributed by atoms with Crippen LogP contribution in [0.2, 0.25) is 0 Å². The Morgan fingerprint density at radius 3 is 2.41 bits per heavy atom. The van der Waals surface area contributed by atoms with Crippen molar-refractivity contribution >= 4 is 38.5 Å². The van der Waals surface area contributed by atoms with E-state index in [4.69, 9.17) is 0 Å².